The second-order valence-corrected chi connectivity index (χ2v) is 4.89. The van der Waals surface area contributed by atoms with E-state index >= 15 is 0 Å². The van der Waals surface area contributed by atoms with Crippen LogP contribution >= 0.6 is 0 Å². The van der Waals surface area contributed by atoms with E-state index in [1.807, 2.05) is 0 Å². The molecular weight excluding hydrogens is 176 g/mol. The normalized spacial score (nSPS) is 14.1. The van der Waals surface area contributed by atoms with Crippen LogP contribution in [0.5, 0.6) is 0 Å². The average Bonchev–Trinajstić information content (AvgIpc) is 2.01. The quantitative estimate of drug-likeness (QED) is 0.638. The molecule has 0 saturated heterocycles. The molecule has 0 aromatic heterocycles. The first kappa shape index (κ1) is 13.6. The minimum Gasteiger partial charge on any atom is -0.322 e. The summed E-state index contributed by atoms with van der Waals surface area (Å²) in [5.41, 5.74) is 5.80. The van der Waals surface area contributed by atoms with Crippen LogP contribution in [0, 0.1) is 0 Å². The van der Waals surface area contributed by atoms with Gasteiger partial charge in [-0.15, -0.1) is 0 Å². The van der Waals surface area contributed by atoms with E-state index in [4.69, 9.17) is 5.73 Å². The number of carbonyl (C=O) groups is 1. The molecule has 14 heavy (non-hydrogen) atoms. The molecule has 0 aliphatic carbocycles. The van der Waals surface area contributed by atoms with Gasteiger partial charge in [-0.2, -0.15) is 0 Å². The van der Waals surface area contributed by atoms with Crippen molar-refractivity contribution >= 4 is 5.78 Å². The van der Waals surface area contributed by atoms with Crippen molar-refractivity contribution in [1.29, 1.82) is 0 Å². The second kappa shape index (κ2) is 6.14. The van der Waals surface area contributed by atoms with E-state index in [2.05, 4.69) is 26.1 Å². The Labute approximate surface area is 87.4 Å². The average molecular weight is 200 g/mol. The van der Waals surface area contributed by atoms with Gasteiger partial charge in [-0.3, -0.25) is 4.79 Å². The van der Waals surface area contributed by atoms with Crippen molar-refractivity contribution in [2.45, 2.75) is 58.5 Å². The maximum atomic E-state index is 10.8. The molecule has 0 aromatic carbocycles. The number of rotatable bonds is 6. The predicted octanol–water partition coefficient (Wildman–Crippen LogP) is 1.46. The van der Waals surface area contributed by atoms with Crippen molar-refractivity contribution < 1.29 is 4.79 Å². The number of carbonyl (C=O) groups excluding carboxylic acids is 1. The Morgan fingerprint density at radius 1 is 1.36 bits per heavy atom. The number of hydrogen-bond donors (Lipinski definition) is 2. The monoisotopic (exact) mass is 200 g/mol. The Morgan fingerprint density at radius 2 is 1.93 bits per heavy atom. The molecule has 0 heterocycles. The fourth-order valence-corrected chi connectivity index (χ4v) is 1.16. The van der Waals surface area contributed by atoms with Crippen LogP contribution in [0.1, 0.15) is 47.0 Å². The van der Waals surface area contributed by atoms with Crippen LogP contribution in [0.3, 0.4) is 0 Å². The van der Waals surface area contributed by atoms with Crippen molar-refractivity contribution in [3.05, 3.63) is 0 Å². The van der Waals surface area contributed by atoms with Gasteiger partial charge < -0.3 is 11.1 Å². The summed E-state index contributed by atoms with van der Waals surface area (Å²) in [5.74, 6) is 0.0915. The summed E-state index contributed by atoms with van der Waals surface area (Å²) in [6.45, 7) is 8.99. The number of unbranched alkanes of at least 4 members (excludes halogenated alkanes) is 1. The smallest absolute Gasteiger partial charge is 0.146 e. The molecule has 84 valence electrons. The molecule has 0 radical (unpaired) electrons. The van der Waals surface area contributed by atoms with Crippen LogP contribution in [-0.4, -0.2) is 23.9 Å². The minimum absolute atomic E-state index is 0.0915. The zero-order valence-electron chi connectivity index (χ0n) is 9.89. The van der Waals surface area contributed by atoms with Gasteiger partial charge >= 0.3 is 0 Å². The molecule has 0 aliphatic heterocycles. The molecule has 0 aromatic rings. The van der Waals surface area contributed by atoms with Crippen molar-refractivity contribution in [3.8, 4) is 0 Å². The Morgan fingerprint density at radius 3 is 2.36 bits per heavy atom. The van der Waals surface area contributed by atoms with Crippen LogP contribution in [-0.2, 0) is 4.79 Å². The highest BCUT2D eigenvalue weighted by Gasteiger charge is 2.09. The second-order valence-electron chi connectivity index (χ2n) is 4.89. The molecule has 3 heteroatoms. The Balaban J connectivity index is 3.35. The van der Waals surface area contributed by atoms with E-state index in [1.54, 1.807) is 6.92 Å². The van der Waals surface area contributed by atoms with Crippen LogP contribution < -0.4 is 11.1 Å². The molecular formula is C11H24N2O. The van der Waals surface area contributed by atoms with Gasteiger partial charge in [0.25, 0.3) is 0 Å². The van der Waals surface area contributed by atoms with E-state index in [1.165, 1.54) is 0 Å². The summed E-state index contributed by atoms with van der Waals surface area (Å²) in [5, 5.41) is 3.40. The third kappa shape index (κ3) is 8.20. The standard InChI is InChI=1S/C11H24N2O/c1-9(14)10(12)7-5-6-8-13-11(2,3)4/h10,13H,5-8,12H2,1-4H3. The summed E-state index contributed by atoms with van der Waals surface area (Å²) >= 11 is 0. The Kier molecular flexibility index (Phi) is 5.96. The molecule has 0 rings (SSSR count). The molecule has 1 atom stereocenters. The third-order valence-corrected chi connectivity index (χ3v) is 2.12. The van der Waals surface area contributed by atoms with Crippen molar-refractivity contribution in [2.24, 2.45) is 5.73 Å². The lowest BCUT2D eigenvalue weighted by molar-refractivity contribution is -0.118. The summed E-state index contributed by atoms with van der Waals surface area (Å²) < 4.78 is 0. The first-order chi connectivity index (χ1) is 6.33. The van der Waals surface area contributed by atoms with Crippen LogP contribution in [0.25, 0.3) is 0 Å². The van der Waals surface area contributed by atoms with Gasteiger partial charge in [0.2, 0.25) is 0 Å². The lowest BCUT2D eigenvalue weighted by atomic mass is 10.1. The van der Waals surface area contributed by atoms with Gasteiger partial charge in [-0.1, -0.05) is 6.42 Å². The van der Waals surface area contributed by atoms with E-state index < -0.39 is 0 Å². The van der Waals surface area contributed by atoms with Crippen LogP contribution in [0.15, 0.2) is 0 Å². The van der Waals surface area contributed by atoms with Gasteiger partial charge in [0.15, 0.2) is 0 Å². The number of nitrogens with two attached hydrogens (primary N) is 1. The van der Waals surface area contributed by atoms with Crippen LogP contribution in [0.4, 0.5) is 0 Å². The molecule has 0 bridgehead atoms. The van der Waals surface area contributed by atoms with E-state index in [-0.39, 0.29) is 17.4 Å². The van der Waals surface area contributed by atoms with E-state index in [9.17, 15) is 4.79 Å². The van der Waals surface area contributed by atoms with Crippen molar-refractivity contribution in [1.82, 2.24) is 5.32 Å². The fourth-order valence-electron chi connectivity index (χ4n) is 1.16. The molecule has 0 fully saturated rings. The molecule has 3 N–H and O–H groups in total. The number of nitrogens with one attached hydrogen (secondary N) is 1. The summed E-state index contributed by atoms with van der Waals surface area (Å²) in [4.78, 5) is 10.8. The van der Waals surface area contributed by atoms with Crippen molar-refractivity contribution in [2.75, 3.05) is 6.54 Å². The number of Topliss-reactive ketones (excluding diaryl/α,β-unsaturated/α-hetero) is 1. The van der Waals surface area contributed by atoms with Gasteiger partial charge in [0.05, 0.1) is 6.04 Å². The largest absolute Gasteiger partial charge is 0.322 e. The van der Waals surface area contributed by atoms with Gasteiger partial charge in [-0.25, -0.2) is 0 Å². The maximum absolute atomic E-state index is 10.8. The van der Waals surface area contributed by atoms with Gasteiger partial charge in [0.1, 0.15) is 5.78 Å². The molecule has 0 spiro atoms. The number of hydrogen-bond acceptors (Lipinski definition) is 3. The Hall–Kier alpha value is -0.410. The molecule has 3 nitrogen and oxygen atoms in total. The zero-order valence-corrected chi connectivity index (χ0v) is 9.89. The highest BCUT2D eigenvalue weighted by Crippen LogP contribution is 2.02. The molecule has 0 amide bonds. The topological polar surface area (TPSA) is 55.1 Å². The lowest BCUT2D eigenvalue weighted by Gasteiger charge is -2.20. The summed E-state index contributed by atoms with van der Waals surface area (Å²) in [6, 6.07) is -0.260. The first-order valence-corrected chi connectivity index (χ1v) is 5.34. The molecule has 1 unspecified atom stereocenters. The maximum Gasteiger partial charge on any atom is 0.146 e. The third-order valence-electron chi connectivity index (χ3n) is 2.12. The van der Waals surface area contributed by atoms with Gasteiger partial charge in [-0.05, 0) is 47.1 Å². The highest BCUT2D eigenvalue weighted by molar-refractivity contribution is 5.80. The SMILES string of the molecule is CC(=O)C(N)CCCCNC(C)(C)C. The fraction of sp³-hybridized carbons (Fsp3) is 0.909. The summed E-state index contributed by atoms with van der Waals surface area (Å²) in [6.07, 6.45) is 2.91. The van der Waals surface area contributed by atoms with E-state index in [0.29, 0.717) is 0 Å². The number of ketones is 1. The molecule has 0 aliphatic rings. The molecule has 0 saturated carbocycles. The Bertz CT molecular complexity index is 173. The lowest BCUT2D eigenvalue weighted by Crippen LogP contribution is -2.36. The van der Waals surface area contributed by atoms with Crippen LogP contribution in [0.2, 0.25) is 0 Å². The predicted molar refractivity (Wildman–Crippen MR) is 60.3 cm³/mol. The minimum atomic E-state index is -0.260. The van der Waals surface area contributed by atoms with Gasteiger partial charge in [0, 0.05) is 5.54 Å². The summed E-state index contributed by atoms with van der Waals surface area (Å²) in [7, 11) is 0. The van der Waals surface area contributed by atoms with E-state index in [0.717, 1.165) is 25.8 Å². The van der Waals surface area contributed by atoms with Crippen molar-refractivity contribution in [3.63, 3.8) is 0 Å². The first-order valence-electron chi connectivity index (χ1n) is 5.34. The highest BCUT2D eigenvalue weighted by atomic mass is 16.1. The zero-order chi connectivity index (χ0) is 11.2.